The lowest BCUT2D eigenvalue weighted by atomic mass is 10.2. The number of hydrogen-bond donors (Lipinski definition) is 1. The molecule has 2 rings (SSSR count). The number of nitrogens with one attached hydrogen (secondary N) is 1. The topological polar surface area (TPSA) is 58.6 Å². The van der Waals surface area contributed by atoms with Crippen LogP contribution in [0, 0.1) is 18.6 Å². The molecule has 22 heavy (non-hydrogen) atoms. The summed E-state index contributed by atoms with van der Waals surface area (Å²) in [6.45, 7) is 0.811. The molecular weight excluding hydrogens is 308 g/mol. The SMILES string of the molecule is Cc1c(F)cc(N2C[C@H](CNC(=O)C(F)F)OC2=O)cc1F. The predicted octanol–water partition coefficient (Wildman–Crippen LogP) is 1.98. The molecule has 0 aromatic heterocycles. The third-order valence-corrected chi connectivity index (χ3v) is 3.15. The smallest absolute Gasteiger partial charge is 0.414 e. The first-order valence-corrected chi connectivity index (χ1v) is 6.29. The lowest BCUT2D eigenvalue weighted by molar-refractivity contribution is -0.132. The number of cyclic esters (lactones) is 1. The van der Waals surface area contributed by atoms with Crippen molar-refractivity contribution in [2.75, 3.05) is 18.0 Å². The molecule has 0 saturated carbocycles. The number of amides is 2. The van der Waals surface area contributed by atoms with E-state index in [-0.39, 0.29) is 24.3 Å². The fourth-order valence-electron chi connectivity index (χ4n) is 1.92. The number of hydrogen-bond acceptors (Lipinski definition) is 3. The van der Waals surface area contributed by atoms with E-state index in [1.807, 2.05) is 5.32 Å². The Hall–Kier alpha value is -2.32. The number of alkyl halides is 2. The number of carbonyl (C=O) groups is 2. The van der Waals surface area contributed by atoms with Crippen molar-refractivity contribution >= 4 is 17.7 Å². The number of halogens is 4. The molecule has 1 aliphatic heterocycles. The van der Waals surface area contributed by atoms with Crippen molar-refractivity contribution in [3.05, 3.63) is 29.3 Å². The normalized spacial score (nSPS) is 17.8. The molecule has 1 saturated heterocycles. The summed E-state index contributed by atoms with van der Waals surface area (Å²) in [5, 5.41) is 1.91. The molecule has 120 valence electrons. The van der Waals surface area contributed by atoms with Gasteiger partial charge in [-0.1, -0.05) is 0 Å². The number of carbonyl (C=O) groups excluding carboxylic acids is 2. The van der Waals surface area contributed by atoms with Crippen LogP contribution < -0.4 is 10.2 Å². The molecule has 1 heterocycles. The van der Waals surface area contributed by atoms with Crippen LogP contribution in [0.5, 0.6) is 0 Å². The van der Waals surface area contributed by atoms with Crippen LogP contribution in [0.3, 0.4) is 0 Å². The van der Waals surface area contributed by atoms with Gasteiger partial charge < -0.3 is 10.1 Å². The zero-order valence-electron chi connectivity index (χ0n) is 11.4. The van der Waals surface area contributed by atoms with Gasteiger partial charge in [-0.3, -0.25) is 9.69 Å². The van der Waals surface area contributed by atoms with Crippen LogP contribution in [0.4, 0.5) is 28.0 Å². The van der Waals surface area contributed by atoms with Crippen molar-refractivity contribution in [3.8, 4) is 0 Å². The Balaban J connectivity index is 2.05. The molecule has 5 nitrogen and oxygen atoms in total. The van der Waals surface area contributed by atoms with Crippen LogP contribution in [0.2, 0.25) is 0 Å². The molecule has 0 unspecified atom stereocenters. The average molecular weight is 320 g/mol. The third-order valence-electron chi connectivity index (χ3n) is 3.15. The van der Waals surface area contributed by atoms with Crippen molar-refractivity contribution in [2.45, 2.75) is 19.5 Å². The minimum absolute atomic E-state index is 0.0479. The van der Waals surface area contributed by atoms with E-state index in [4.69, 9.17) is 4.74 Å². The maximum absolute atomic E-state index is 13.5. The van der Waals surface area contributed by atoms with Gasteiger partial charge in [-0.15, -0.1) is 0 Å². The molecule has 0 spiro atoms. The Morgan fingerprint density at radius 1 is 1.41 bits per heavy atom. The first kappa shape index (κ1) is 16.1. The predicted molar refractivity (Wildman–Crippen MR) is 67.7 cm³/mol. The van der Waals surface area contributed by atoms with E-state index >= 15 is 0 Å². The highest BCUT2D eigenvalue weighted by Gasteiger charge is 2.33. The summed E-state index contributed by atoms with van der Waals surface area (Å²) in [5.41, 5.74) is -0.231. The summed E-state index contributed by atoms with van der Waals surface area (Å²) in [4.78, 5) is 23.4. The fourth-order valence-corrected chi connectivity index (χ4v) is 1.92. The van der Waals surface area contributed by atoms with Crippen LogP contribution in [0.1, 0.15) is 5.56 Å². The number of nitrogens with zero attached hydrogens (tertiary/aromatic N) is 1. The van der Waals surface area contributed by atoms with Crippen molar-refractivity contribution < 1.29 is 31.9 Å². The average Bonchev–Trinajstić information content (AvgIpc) is 2.82. The van der Waals surface area contributed by atoms with E-state index in [2.05, 4.69) is 0 Å². The molecule has 1 aromatic rings. The van der Waals surface area contributed by atoms with Gasteiger partial charge in [0.05, 0.1) is 18.8 Å². The second-order valence-corrected chi connectivity index (χ2v) is 4.70. The maximum atomic E-state index is 13.5. The molecule has 2 amide bonds. The highest BCUT2D eigenvalue weighted by atomic mass is 19.3. The Bertz CT molecular complexity index is 586. The summed E-state index contributed by atoms with van der Waals surface area (Å²) in [6, 6.07) is 1.94. The van der Waals surface area contributed by atoms with Gasteiger partial charge in [0.15, 0.2) is 0 Å². The Morgan fingerprint density at radius 2 is 2.00 bits per heavy atom. The van der Waals surface area contributed by atoms with Gasteiger partial charge >= 0.3 is 12.5 Å². The van der Waals surface area contributed by atoms with Crippen LogP contribution in [-0.4, -0.2) is 37.6 Å². The summed E-state index contributed by atoms with van der Waals surface area (Å²) < 4.78 is 55.9. The molecule has 1 fully saturated rings. The van der Waals surface area contributed by atoms with Gasteiger partial charge in [0, 0.05) is 5.56 Å². The van der Waals surface area contributed by atoms with Crippen LogP contribution in [0.15, 0.2) is 12.1 Å². The monoisotopic (exact) mass is 320 g/mol. The summed E-state index contributed by atoms with van der Waals surface area (Å²) in [5.74, 6) is -3.13. The number of ether oxygens (including phenoxy) is 1. The van der Waals surface area contributed by atoms with Crippen LogP contribution >= 0.6 is 0 Å². The van der Waals surface area contributed by atoms with Gasteiger partial charge in [-0.25, -0.2) is 13.6 Å². The molecule has 0 bridgehead atoms. The molecule has 1 atom stereocenters. The highest BCUT2D eigenvalue weighted by molar-refractivity contribution is 5.90. The van der Waals surface area contributed by atoms with Crippen molar-refractivity contribution in [3.63, 3.8) is 0 Å². The van der Waals surface area contributed by atoms with E-state index < -0.39 is 36.2 Å². The van der Waals surface area contributed by atoms with Crippen LogP contribution in [0.25, 0.3) is 0 Å². The number of anilines is 1. The summed E-state index contributed by atoms with van der Waals surface area (Å²) >= 11 is 0. The zero-order chi connectivity index (χ0) is 16.4. The largest absolute Gasteiger partial charge is 0.442 e. The lowest BCUT2D eigenvalue weighted by Crippen LogP contribution is -2.37. The maximum Gasteiger partial charge on any atom is 0.414 e. The molecule has 0 radical (unpaired) electrons. The van der Waals surface area contributed by atoms with Crippen molar-refractivity contribution in [1.82, 2.24) is 5.32 Å². The minimum Gasteiger partial charge on any atom is -0.442 e. The van der Waals surface area contributed by atoms with Gasteiger partial charge in [-0.2, -0.15) is 8.78 Å². The van der Waals surface area contributed by atoms with Crippen LogP contribution in [-0.2, 0) is 9.53 Å². The molecular formula is C13H12F4N2O3. The molecule has 1 aliphatic rings. The van der Waals surface area contributed by atoms with Gasteiger partial charge in [0.1, 0.15) is 17.7 Å². The zero-order valence-corrected chi connectivity index (χ0v) is 11.4. The summed E-state index contributed by atoms with van der Waals surface area (Å²) in [7, 11) is 0. The summed E-state index contributed by atoms with van der Waals surface area (Å²) in [6.07, 6.45) is -4.94. The van der Waals surface area contributed by atoms with E-state index in [9.17, 15) is 27.2 Å². The second-order valence-electron chi connectivity index (χ2n) is 4.70. The van der Waals surface area contributed by atoms with Crippen molar-refractivity contribution in [1.29, 1.82) is 0 Å². The van der Waals surface area contributed by atoms with E-state index in [0.717, 1.165) is 17.0 Å². The quantitative estimate of drug-likeness (QED) is 0.863. The Kier molecular flexibility index (Phi) is 4.53. The Morgan fingerprint density at radius 3 is 2.55 bits per heavy atom. The van der Waals surface area contributed by atoms with Crippen molar-refractivity contribution in [2.24, 2.45) is 0 Å². The van der Waals surface area contributed by atoms with E-state index in [1.54, 1.807) is 0 Å². The van der Waals surface area contributed by atoms with Gasteiger partial charge in [-0.05, 0) is 19.1 Å². The molecule has 1 aromatic carbocycles. The second kappa shape index (κ2) is 6.20. The first-order chi connectivity index (χ1) is 10.3. The van der Waals surface area contributed by atoms with E-state index in [1.165, 1.54) is 6.92 Å². The Labute approximate surface area is 122 Å². The fraction of sp³-hybridized carbons (Fsp3) is 0.385. The third kappa shape index (κ3) is 3.29. The highest BCUT2D eigenvalue weighted by Crippen LogP contribution is 2.25. The molecule has 1 N–H and O–H groups in total. The molecule has 9 heteroatoms. The molecule has 0 aliphatic carbocycles. The standard InChI is InChI=1S/C13H12F4N2O3/c1-6-9(14)2-7(3-10(6)15)19-5-8(22-13(19)21)4-18-12(20)11(16)17/h2-3,8,11H,4-5H2,1H3,(H,18,20)/t8-/m0/s1. The van der Waals surface area contributed by atoms with Gasteiger partial charge in [0.2, 0.25) is 0 Å². The van der Waals surface area contributed by atoms with E-state index in [0.29, 0.717) is 0 Å². The lowest BCUT2D eigenvalue weighted by Gasteiger charge is -2.14. The number of rotatable bonds is 4. The first-order valence-electron chi connectivity index (χ1n) is 6.29. The number of benzene rings is 1. The van der Waals surface area contributed by atoms with Gasteiger partial charge in [0.25, 0.3) is 5.91 Å². The minimum atomic E-state index is -3.17.